The van der Waals surface area contributed by atoms with Gasteiger partial charge in [-0.15, -0.1) is 0 Å². The minimum atomic E-state index is 0.477. The fourth-order valence-corrected chi connectivity index (χ4v) is 4.38. The van der Waals surface area contributed by atoms with E-state index >= 15 is 0 Å². The van der Waals surface area contributed by atoms with E-state index in [0.717, 1.165) is 48.2 Å². The third kappa shape index (κ3) is 4.64. The van der Waals surface area contributed by atoms with Gasteiger partial charge in [0, 0.05) is 56.1 Å². The molecule has 1 saturated heterocycles. The quantitative estimate of drug-likeness (QED) is 0.443. The van der Waals surface area contributed by atoms with E-state index in [1.54, 1.807) is 0 Å². The van der Waals surface area contributed by atoms with Crippen molar-refractivity contribution in [1.82, 2.24) is 24.3 Å². The molecule has 1 aliphatic heterocycles. The Hall–Kier alpha value is -3.28. The topological polar surface area (TPSA) is 59.2 Å². The van der Waals surface area contributed by atoms with Gasteiger partial charge in [0.2, 0.25) is 0 Å². The normalized spacial score (nSPS) is 14.4. The lowest BCUT2D eigenvalue weighted by Crippen LogP contribution is -2.30. The summed E-state index contributed by atoms with van der Waals surface area (Å²) in [6.07, 6.45) is 12.9. The maximum atomic E-state index is 4.97. The Morgan fingerprint density at radius 1 is 0.844 bits per heavy atom. The summed E-state index contributed by atoms with van der Waals surface area (Å²) >= 11 is 0. The number of imidazole rings is 1. The lowest BCUT2D eigenvalue weighted by atomic mass is 10.0. The van der Waals surface area contributed by atoms with Crippen LogP contribution in [0.4, 0.5) is 5.82 Å². The molecule has 0 saturated carbocycles. The minimum absolute atomic E-state index is 0.477. The molecule has 1 aliphatic rings. The van der Waals surface area contributed by atoms with E-state index in [2.05, 4.69) is 65.2 Å². The van der Waals surface area contributed by atoms with Crippen molar-refractivity contribution in [1.29, 1.82) is 0 Å². The summed E-state index contributed by atoms with van der Waals surface area (Å²) in [6.45, 7) is 6.55. The van der Waals surface area contributed by atoms with Crippen LogP contribution in [0.25, 0.3) is 5.65 Å². The zero-order chi connectivity index (χ0) is 21.9. The van der Waals surface area contributed by atoms with Crippen molar-refractivity contribution in [2.24, 2.45) is 0 Å². The summed E-state index contributed by atoms with van der Waals surface area (Å²) in [6, 6.07) is 10.7. The number of fused-ring (bicyclic) bond motifs is 1. The fraction of sp³-hybridized carbons (Fsp3) is 0.385. The second-order valence-corrected chi connectivity index (χ2v) is 9.00. The molecule has 164 valence electrons. The number of hydrogen-bond acceptors (Lipinski definition) is 5. The van der Waals surface area contributed by atoms with Gasteiger partial charge in [-0.05, 0) is 60.6 Å². The summed E-state index contributed by atoms with van der Waals surface area (Å²) < 4.78 is 2.03. The average molecular weight is 427 g/mol. The lowest BCUT2D eigenvalue weighted by Gasteiger charge is -2.28. The van der Waals surface area contributed by atoms with Crippen LogP contribution in [-0.4, -0.2) is 37.4 Å². The van der Waals surface area contributed by atoms with Gasteiger partial charge in [0.15, 0.2) is 0 Å². The molecule has 0 radical (unpaired) electrons. The highest BCUT2D eigenvalue weighted by Gasteiger charge is 2.16. The fourth-order valence-electron chi connectivity index (χ4n) is 4.38. The van der Waals surface area contributed by atoms with Crippen LogP contribution < -0.4 is 4.90 Å². The Morgan fingerprint density at radius 3 is 2.56 bits per heavy atom. The number of nitrogens with zero attached hydrogens (tertiary/aromatic N) is 6. The lowest BCUT2D eigenvalue weighted by molar-refractivity contribution is 0.571. The first-order valence-corrected chi connectivity index (χ1v) is 11.6. The smallest absolute Gasteiger partial charge is 0.136 e. The molecular weight excluding hydrogens is 396 g/mol. The number of aromatic nitrogens is 5. The molecule has 0 unspecified atom stereocenters. The van der Waals surface area contributed by atoms with Crippen molar-refractivity contribution < 1.29 is 0 Å². The Labute approximate surface area is 189 Å². The molecule has 0 spiro atoms. The SMILES string of the molecule is CC(C)c1ccnc(Cc2nc(Cc3ccn4ccnc4c3)cc(N3CCCCC3)n2)c1. The monoisotopic (exact) mass is 426 g/mol. The highest BCUT2D eigenvalue weighted by atomic mass is 15.2. The van der Waals surface area contributed by atoms with Crippen molar-refractivity contribution in [3.05, 3.63) is 83.5 Å². The third-order valence-electron chi connectivity index (χ3n) is 6.19. The van der Waals surface area contributed by atoms with E-state index in [0.29, 0.717) is 12.3 Å². The molecule has 4 aromatic heterocycles. The maximum absolute atomic E-state index is 4.97. The molecule has 6 heteroatoms. The van der Waals surface area contributed by atoms with Gasteiger partial charge < -0.3 is 9.30 Å². The van der Waals surface area contributed by atoms with Crippen molar-refractivity contribution in [2.45, 2.75) is 51.9 Å². The molecule has 32 heavy (non-hydrogen) atoms. The second kappa shape index (κ2) is 9.07. The van der Waals surface area contributed by atoms with E-state index in [-0.39, 0.29) is 0 Å². The van der Waals surface area contributed by atoms with Crippen molar-refractivity contribution in [3.63, 3.8) is 0 Å². The summed E-state index contributed by atoms with van der Waals surface area (Å²) in [5, 5.41) is 0. The first-order chi connectivity index (χ1) is 15.6. The summed E-state index contributed by atoms with van der Waals surface area (Å²) in [5.74, 6) is 2.37. The van der Waals surface area contributed by atoms with Gasteiger partial charge in [0.05, 0.1) is 12.1 Å². The molecule has 5 heterocycles. The Morgan fingerprint density at radius 2 is 1.72 bits per heavy atom. The molecule has 0 atom stereocenters. The zero-order valence-electron chi connectivity index (χ0n) is 18.9. The molecule has 5 rings (SSSR count). The number of pyridine rings is 2. The van der Waals surface area contributed by atoms with Crippen LogP contribution in [0.5, 0.6) is 0 Å². The molecule has 0 aromatic carbocycles. The second-order valence-electron chi connectivity index (χ2n) is 9.00. The van der Waals surface area contributed by atoms with Crippen LogP contribution in [0.3, 0.4) is 0 Å². The van der Waals surface area contributed by atoms with E-state index in [1.807, 2.05) is 23.0 Å². The third-order valence-corrected chi connectivity index (χ3v) is 6.19. The number of anilines is 1. The Bertz CT molecular complexity index is 1210. The van der Waals surface area contributed by atoms with E-state index in [4.69, 9.17) is 9.97 Å². The Balaban J connectivity index is 1.47. The largest absolute Gasteiger partial charge is 0.357 e. The highest BCUT2D eigenvalue weighted by Crippen LogP contribution is 2.22. The van der Waals surface area contributed by atoms with E-state index in [1.165, 1.54) is 30.4 Å². The molecule has 0 aliphatic carbocycles. The molecule has 1 fully saturated rings. The van der Waals surface area contributed by atoms with Gasteiger partial charge >= 0.3 is 0 Å². The predicted molar refractivity (Wildman–Crippen MR) is 127 cm³/mol. The van der Waals surface area contributed by atoms with Crippen molar-refractivity contribution >= 4 is 11.5 Å². The van der Waals surface area contributed by atoms with Gasteiger partial charge in [-0.25, -0.2) is 15.0 Å². The number of piperidine rings is 1. The highest BCUT2D eigenvalue weighted by molar-refractivity contribution is 5.45. The van der Waals surface area contributed by atoms with Gasteiger partial charge in [0.25, 0.3) is 0 Å². The van der Waals surface area contributed by atoms with Gasteiger partial charge in [0.1, 0.15) is 17.3 Å². The van der Waals surface area contributed by atoms with Gasteiger partial charge in [-0.1, -0.05) is 13.8 Å². The van der Waals surface area contributed by atoms with Crippen molar-refractivity contribution in [3.8, 4) is 0 Å². The van der Waals surface area contributed by atoms with Gasteiger partial charge in [-0.3, -0.25) is 4.98 Å². The molecule has 4 aromatic rings. The van der Waals surface area contributed by atoms with Crippen LogP contribution in [-0.2, 0) is 12.8 Å². The molecule has 0 amide bonds. The summed E-state index contributed by atoms with van der Waals surface area (Å²) in [5.41, 5.74) is 5.54. The first-order valence-electron chi connectivity index (χ1n) is 11.6. The van der Waals surface area contributed by atoms with Crippen LogP contribution in [0.1, 0.15) is 67.4 Å². The first kappa shape index (κ1) is 20.6. The standard InChI is InChI=1S/C26H30N6/c1-19(2)21-6-8-27-22(16-21)17-24-29-23(18-26(30-24)31-10-4-3-5-11-31)14-20-7-12-32-13-9-28-25(32)15-20/h6-9,12-13,15-16,18-19H,3-5,10-11,14,17H2,1-2H3. The molecule has 6 nitrogen and oxygen atoms in total. The van der Waals surface area contributed by atoms with E-state index < -0.39 is 0 Å². The van der Waals surface area contributed by atoms with E-state index in [9.17, 15) is 0 Å². The zero-order valence-corrected chi connectivity index (χ0v) is 18.9. The molecule has 0 bridgehead atoms. The average Bonchev–Trinajstić information content (AvgIpc) is 3.28. The molecule has 0 N–H and O–H groups in total. The van der Waals surface area contributed by atoms with Crippen LogP contribution in [0, 0.1) is 0 Å². The van der Waals surface area contributed by atoms with Crippen molar-refractivity contribution in [2.75, 3.05) is 18.0 Å². The minimum Gasteiger partial charge on any atom is -0.357 e. The Kier molecular flexibility index (Phi) is 5.84. The summed E-state index contributed by atoms with van der Waals surface area (Å²) in [7, 11) is 0. The number of hydrogen-bond donors (Lipinski definition) is 0. The van der Waals surface area contributed by atoms with Gasteiger partial charge in [-0.2, -0.15) is 0 Å². The number of rotatable bonds is 6. The predicted octanol–water partition coefficient (Wildman–Crippen LogP) is 4.81. The van der Waals surface area contributed by atoms with Crippen LogP contribution >= 0.6 is 0 Å². The van der Waals surface area contributed by atoms with Crippen LogP contribution in [0.2, 0.25) is 0 Å². The van der Waals surface area contributed by atoms with Crippen LogP contribution in [0.15, 0.2) is 55.1 Å². The summed E-state index contributed by atoms with van der Waals surface area (Å²) in [4.78, 5) is 21.4. The molecular formula is C26H30N6. The maximum Gasteiger partial charge on any atom is 0.136 e.